The molecule has 4 bridgehead atoms. The van der Waals surface area contributed by atoms with Gasteiger partial charge in [-0.2, -0.15) is 0 Å². The molecule has 0 atom stereocenters. The molecule has 34 heavy (non-hydrogen) atoms. The fraction of sp³-hybridized carbons (Fsp3) is 0.444. The summed E-state index contributed by atoms with van der Waals surface area (Å²) >= 11 is 1.54. The van der Waals surface area contributed by atoms with Crippen molar-refractivity contribution in [2.45, 2.75) is 55.0 Å². The number of hydrogen-bond donors (Lipinski definition) is 3. The summed E-state index contributed by atoms with van der Waals surface area (Å²) in [6.07, 6.45) is 8.32. The highest BCUT2D eigenvalue weighted by molar-refractivity contribution is 7.99. The van der Waals surface area contributed by atoms with Gasteiger partial charge in [0.25, 0.3) is 0 Å². The van der Waals surface area contributed by atoms with E-state index in [1.54, 1.807) is 11.8 Å². The Bertz CT molecular complexity index is 1150. The van der Waals surface area contributed by atoms with Crippen LogP contribution in [0.15, 0.2) is 58.6 Å². The number of nitrogens with one attached hydrogen (secondary N) is 3. The maximum absolute atomic E-state index is 12.7. The number of imidazole rings is 1. The number of amides is 2. The molecule has 1 heterocycles. The molecule has 0 saturated heterocycles. The first-order chi connectivity index (χ1) is 16.5. The van der Waals surface area contributed by atoms with Gasteiger partial charge in [-0.05, 0) is 98.1 Å². The summed E-state index contributed by atoms with van der Waals surface area (Å²) in [5, 5.41) is 6.58. The van der Waals surface area contributed by atoms with Crippen LogP contribution in [0.25, 0.3) is 11.0 Å². The van der Waals surface area contributed by atoms with E-state index in [1.807, 2.05) is 48.5 Å². The van der Waals surface area contributed by atoms with Crippen LogP contribution in [0.4, 0.5) is 5.69 Å². The zero-order valence-electron chi connectivity index (χ0n) is 19.2. The molecule has 7 heteroatoms. The first-order valence-corrected chi connectivity index (χ1v) is 13.1. The normalized spacial score (nSPS) is 27.1. The molecule has 0 spiro atoms. The number of aromatic amines is 1. The van der Waals surface area contributed by atoms with Crippen molar-refractivity contribution in [1.29, 1.82) is 0 Å². The summed E-state index contributed by atoms with van der Waals surface area (Å²) in [5.74, 6) is 2.31. The van der Waals surface area contributed by atoms with Crippen LogP contribution >= 0.6 is 11.8 Å². The van der Waals surface area contributed by atoms with Crippen molar-refractivity contribution in [2.24, 2.45) is 23.2 Å². The predicted octanol–water partition coefficient (Wildman–Crippen LogP) is 5.38. The minimum atomic E-state index is -0.198. The lowest BCUT2D eigenvalue weighted by Crippen LogP contribution is -2.48. The second-order valence-corrected chi connectivity index (χ2v) is 11.7. The zero-order valence-corrected chi connectivity index (χ0v) is 20.0. The number of hydrogen-bond acceptors (Lipinski definition) is 4. The summed E-state index contributed by atoms with van der Waals surface area (Å²) in [6, 6.07) is 15.6. The largest absolute Gasteiger partial charge is 0.347 e. The Hall–Kier alpha value is -2.80. The average molecular weight is 475 g/mol. The molecule has 4 aliphatic rings. The number of aromatic nitrogens is 2. The topological polar surface area (TPSA) is 86.9 Å². The Kier molecular flexibility index (Phi) is 5.60. The minimum absolute atomic E-state index is 0.0146. The van der Waals surface area contributed by atoms with Crippen molar-refractivity contribution in [2.75, 3.05) is 11.9 Å². The van der Waals surface area contributed by atoms with Gasteiger partial charge in [0.1, 0.15) is 0 Å². The maximum Gasteiger partial charge on any atom is 0.243 e. The number of benzene rings is 2. The molecule has 4 fully saturated rings. The maximum atomic E-state index is 12.7. The lowest BCUT2D eigenvalue weighted by molar-refractivity contribution is -0.131. The van der Waals surface area contributed by atoms with E-state index in [9.17, 15) is 9.59 Å². The molecule has 3 aromatic rings. The van der Waals surface area contributed by atoms with E-state index in [0.29, 0.717) is 12.1 Å². The summed E-state index contributed by atoms with van der Waals surface area (Å²) in [7, 11) is 0. The van der Waals surface area contributed by atoms with Gasteiger partial charge in [-0.15, -0.1) is 0 Å². The molecule has 3 N–H and O–H groups in total. The Morgan fingerprint density at radius 3 is 2.29 bits per heavy atom. The molecule has 0 radical (unpaired) electrons. The van der Waals surface area contributed by atoms with Crippen LogP contribution < -0.4 is 10.6 Å². The van der Waals surface area contributed by atoms with Gasteiger partial charge < -0.3 is 15.6 Å². The molecule has 4 saturated carbocycles. The van der Waals surface area contributed by atoms with Gasteiger partial charge in [0.2, 0.25) is 11.8 Å². The molecular weight excluding hydrogens is 444 g/mol. The van der Waals surface area contributed by atoms with Gasteiger partial charge in [0.15, 0.2) is 5.16 Å². The Morgan fingerprint density at radius 2 is 1.62 bits per heavy atom. The van der Waals surface area contributed by atoms with Crippen LogP contribution in [0.5, 0.6) is 0 Å². The van der Waals surface area contributed by atoms with Crippen LogP contribution in [0.2, 0.25) is 0 Å². The first-order valence-electron chi connectivity index (χ1n) is 12.3. The van der Waals surface area contributed by atoms with E-state index in [0.717, 1.165) is 38.8 Å². The van der Waals surface area contributed by atoms with Crippen LogP contribution in [-0.4, -0.2) is 28.3 Å². The van der Waals surface area contributed by atoms with Crippen LogP contribution in [0, 0.1) is 23.2 Å². The third kappa shape index (κ3) is 4.58. The van der Waals surface area contributed by atoms with Gasteiger partial charge in [-0.25, -0.2) is 4.98 Å². The van der Waals surface area contributed by atoms with Crippen LogP contribution in [-0.2, 0) is 9.59 Å². The number of carbonyl (C=O) groups excluding carboxylic acids is 2. The molecule has 176 valence electrons. The van der Waals surface area contributed by atoms with Crippen molar-refractivity contribution in [3.63, 3.8) is 0 Å². The molecule has 2 aromatic carbocycles. The summed E-state index contributed by atoms with van der Waals surface area (Å²) < 4.78 is 0. The second-order valence-electron chi connectivity index (χ2n) is 10.6. The Morgan fingerprint density at radius 1 is 0.941 bits per heavy atom. The van der Waals surface area contributed by atoms with E-state index in [4.69, 9.17) is 0 Å². The molecule has 4 aliphatic carbocycles. The number of fused-ring (bicyclic) bond motifs is 1. The Balaban J connectivity index is 0.984. The van der Waals surface area contributed by atoms with Crippen molar-refractivity contribution in [3.05, 3.63) is 48.5 Å². The smallest absolute Gasteiger partial charge is 0.243 e. The summed E-state index contributed by atoms with van der Waals surface area (Å²) in [6.45, 7) is 0.0146. The number of nitrogens with zero attached hydrogens (tertiary/aromatic N) is 1. The molecule has 7 rings (SSSR count). The van der Waals surface area contributed by atoms with Crippen molar-refractivity contribution in [3.8, 4) is 0 Å². The molecule has 2 amide bonds. The van der Waals surface area contributed by atoms with Gasteiger partial charge in [-0.1, -0.05) is 23.9 Å². The predicted molar refractivity (Wildman–Crippen MR) is 134 cm³/mol. The Labute approximate surface area is 203 Å². The molecule has 0 unspecified atom stereocenters. The van der Waals surface area contributed by atoms with Crippen LogP contribution in [0.1, 0.15) is 44.9 Å². The average Bonchev–Trinajstić information content (AvgIpc) is 3.20. The highest BCUT2D eigenvalue weighted by atomic mass is 32.2. The fourth-order valence-electron chi connectivity index (χ4n) is 6.99. The first kappa shape index (κ1) is 21.7. The molecule has 1 aromatic heterocycles. The third-order valence-corrected chi connectivity index (χ3v) is 8.76. The van der Waals surface area contributed by atoms with E-state index in [1.165, 1.54) is 38.5 Å². The molecular formula is C27H30N4O2S. The van der Waals surface area contributed by atoms with Gasteiger partial charge in [0, 0.05) is 17.0 Å². The number of para-hydroxylation sites is 2. The van der Waals surface area contributed by atoms with E-state index in [-0.39, 0.29) is 23.8 Å². The lowest BCUT2D eigenvalue weighted by atomic mass is 9.49. The van der Waals surface area contributed by atoms with E-state index in [2.05, 4.69) is 20.6 Å². The highest BCUT2D eigenvalue weighted by Crippen LogP contribution is 2.61. The monoisotopic (exact) mass is 474 g/mol. The quantitative estimate of drug-likeness (QED) is 0.429. The van der Waals surface area contributed by atoms with Crippen molar-refractivity contribution in [1.82, 2.24) is 15.3 Å². The van der Waals surface area contributed by atoms with Crippen molar-refractivity contribution >= 4 is 40.3 Å². The standard InChI is InChI=1S/C27H30N4O2S/c32-24(15-27-12-17-9-18(13-27)11-19(10-17)14-27)28-16-25(33)29-20-5-7-21(8-6-20)34-26-30-22-3-1-2-4-23(22)31-26/h1-8,17-19H,9-16H2,(H,28,32)(H,29,33)(H,30,31). The van der Waals surface area contributed by atoms with Gasteiger partial charge >= 0.3 is 0 Å². The second kappa shape index (κ2) is 8.77. The van der Waals surface area contributed by atoms with E-state index >= 15 is 0 Å². The SMILES string of the molecule is O=C(CC12CC3CC(CC(C3)C1)C2)NCC(=O)Nc1ccc(Sc2nc3ccccc3[nH]2)cc1. The highest BCUT2D eigenvalue weighted by Gasteiger charge is 2.51. The minimum Gasteiger partial charge on any atom is -0.347 e. The van der Waals surface area contributed by atoms with Gasteiger partial charge in [-0.3, -0.25) is 9.59 Å². The molecule has 6 nitrogen and oxygen atoms in total. The van der Waals surface area contributed by atoms with Crippen LogP contribution in [0.3, 0.4) is 0 Å². The lowest BCUT2D eigenvalue weighted by Gasteiger charge is -2.56. The summed E-state index contributed by atoms with van der Waals surface area (Å²) in [4.78, 5) is 34.0. The third-order valence-electron chi connectivity index (χ3n) is 7.87. The van der Waals surface area contributed by atoms with Gasteiger partial charge in [0.05, 0.1) is 17.6 Å². The zero-order chi connectivity index (χ0) is 23.1. The number of rotatable bonds is 7. The fourth-order valence-corrected chi connectivity index (χ4v) is 7.79. The van der Waals surface area contributed by atoms with E-state index < -0.39 is 0 Å². The number of H-pyrrole nitrogens is 1. The number of carbonyl (C=O) groups is 2. The molecule has 0 aliphatic heterocycles. The summed E-state index contributed by atoms with van der Waals surface area (Å²) in [5.41, 5.74) is 2.87. The number of anilines is 1. The van der Waals surface area contributed by atoms with Crippen molar-refractivity contribution < 1.29 is 9.59 Å².